The number of piperazine rings is 1. The molecule has 6 heteroatoms. The standard InChI is InChI=1S/C22H35N3O3/c1-17-9-7-10-19(18(17)2)24-13-15-25(16-14-24)20(26)11-8-12-23(6)21(27)28-22(3,4)5/h7,9-10H,8,11-16H2,1-6H3. The van der Waals surface area contributed by atoms with E-state index in [9.17, 15) is 9.59 Å². The van der Waals surface area contributed by atoms with Crippen LogP contribution in [0.5, 0.6) is 0 Å². The molecule has 6 nitrogen and oxygen atoms in total. The molecule has 1 aromatic rings. The van der Waals surface area contributed by atoms with Crippen LogP contribution in [0.25, 0.3) is 0 Å². The molecule has 0 radical (unpaired) electrons. The zero-order chi connectivity index (χ0) is 20.9. The molecule has 2 rings (SSSR count). The van der Waals surface area contributed by atoms with Crippen molar-refractivity contribution in [1.82, 2.24) is 9.80 Å². The van der Waals surface area contributed by atoms with Gasteiger partial charge < -0.3 is 19.4 Å². The number of carbonyl (C=O) groups excluding carboxylic acids is 2. The Balaban J connectivity index is 1.75. The molecule has 28 heavy (non-hydrogen) atoms. The Kier molecular flexibility index (Phi) is 7.33. The maximum atomic E-state index is 12.5. The molecule has 0 aliphatic carbocycles. The lowest BCUT2D eigenvalue weighted by molar-refractivity contribution is -0.131. The van der Waals surface area contributed by atoms with Crippen LogP contribution in [0, 0.1) is 13.8 Å². The molecule has 0 aromatic heterocycles. The number of carbonyl (C=O) groups is 2. The second-order valence-electron chi connectivity index (χ2n) is 8.59. The van der Waals surface area contributed by atoms with Crippen molar-refractivity contribution < 1.29 is 14.3 Å². The average Bonchev–Trinajstić information content (AvgIpc) is 2.62. The van der Waals surface area contributed by atoms with Gasteiger partial charge in [0.1, 0.15) is 5.60 Å². The van der Waals surface area contributed by atoms with Crippen LogP contribution in [0.1, 0.15) is 44.7 Å². The zero-order valence-corrected chi connectivity index (χ0v) is 18.2. The van der Waals surface area contributed by atoms with Crippen molar-refractivity contribution >= 4 is 17.7 Å². The molecule has 1 aliphatic heterocycles. The molecule has 1 aromatic carbocycles. The van der Waals surface area contributed by atoms with Crippen LogP contribution in [0.2, 0.25) is 0 Å². The van der Waals surface area contributed by atoms with E-state index < -0.39 is 5.60 Å². The van der Waals surface area contributed by atoms with E-state index in [2.05, 4.69) is 36.9 Å². The Labute approximate surface area is 169 Å². The first-order valence-electron chi connectivity index (χ1n) is 10.1. The van der Waals surface area contributed by atoms with E-state index in [1.807, 2.05) is 25.7 Å². The van der Waals surface area contributed by atoms with Crippen LogP contribution in [0.15, 0.2) is 18.2 Å². The van der Waals surface area contributed by atoms with Crippen LogP contribution >= 0.6 is 0 Å². The van der Waals surface area contributed by atoms with Crippen molar-refractivity contribution in [2.45, 2.75) is 53.1 Å². The molecule has 1 saturated heterocycles. The van der Waals surface area contributed by atoms with Gasteiger partial charge in [-0.3, -0.25) is 4.79 Å². The van der Waals surface area contributed by atoms with Crippen molar-refractivity contribution in [2.24, 2.45) is 0 Å². The summed E-state index contributed by atoms with van der Waals surface area (Å²) in [5.41, 5.74) is 3.37. The third-order valence-corrected chi connectivity index (χ3v) is 5.14. The summed E-state index contributed by atoms with van der Waals surface area (Å²) in [6.45, 7) is 13.5. The van der Waals surface area contributed by atoms with Gasteiger partial charge in [-0.25, -0.2) is 4.79 Å². The number of anilines is 1. The molecule has 2 amide bonds. The zero-order valence-electron chi connectivity index (χ0n) is 18.2. The van der Waals surface area contributed by atoms with Crippen molar-refractivity contribution in [3.05, 3.63) is 29.3 Å². The lowest BCUT2D eigenvalue weighted by Crippen LogP contribution is -2.49. The Hall–Kier alpha value is -2.24. The van der Waals surface area contributed by atoms with Gasteiger partial charge in [-0.2, -0.15) is 0 Å². The fourth-order valence-electron chi connectivity index (χ4n) is 3.33. The van der Waals surface area contributed by atoms with Crippen LogP contribution in [-0.2, 0) is 9.53 Å². The summed E-state index contributed by atoms with van der Waals surface area (Å²) >= 11 is 0. The SMILES string of the molecule is Cc1cccc(N2CCN(C(=O)CCCN(C)C(=O)OC(C)(C)C)CC2)c1C. The minimum atomic E-state index is -0.503. The Morgan fingerprint density at radius 2 is 1.75 bits per heavy atom. The molecule has 1 aliphatic rings. The van der Waals surface area contributed by atoms with Crippen molar-refractivity contribution in [1.29, 1.82) is 0 Å². The number of amides is 2. The number of rotatable bonds is 5. The Morgan fingerprint density at radius 1 is 1.11 bits per heavy atom. The Bertz CT molecular complexity index is 689. The first-order valence-corrected chi connectivity index (χ1v) is 10.1. The number of ether oxygens (including phenoxy) is 1. The smallest absolute Gasteiger partial charge is 0.410 e. The topological polar surface area (TPSA) is 53.1 Å². The molecule has 0 bridgehead atoms. The molecule has 0 spiro atoms. The van der Waals surface area contributed by atoms with Gasteiger partial charge in [0.2, 0.25) is 5.91 Å². The predicted octanol–water partition coefficient (Wildman–Crippen LogP) is 3.60. The number of hydrogen-bond donors (Lipinski definition) is 0. The first kappa shape index (κ1) is 22.1. The highest BCUT2D eigenvalue weighted by molar-refractivity contribution is 5.76. The van der Waals surface area contributed by atoms with E-state index in [0.717, 1.165) is 26.2 Å². The van der Waals surface area contributed by atoms with Crippen molar-refractivity contribution in [2.75, 3.05) is 44.7 Å². The first-order chi connectivity index (χ1) is 13.1. The van der Waals surface area contributed by atoms with Crippen LogP contribution in [0.4, 0.5) is 10.5 Å². The number of benzene rings is 1. The largest absolute Gasteiger partial charge is 0.444 e. The summed E-state index contributed by atoms with van der Waals surface area (Å²) in [7, 11) is 1.71. The monoisotopic (exact) mass is 389 g/mol. The quantitative estimate of drug-likeness (QED) is 0.772. The molecule has 0 unspecified atom stereocenters. The molecular weight excluding hydrogens is 354 g/mol. The summed E-state index contributed by atoms with van der Waals surface area (Å²) in [6.07, 6.45) is 0.754. The van der Waals surface area contributed by atoms with Gasteiger partial charge in [0.25, 0.3) is 0 Å². The summed E-state index contributed by atoms with van der Waals surface area (Å²) in [6, 6.07) is 6.38. The van der Waals surface area contributed by atoms with E-state index in [-0.39, 0.29) is 12.0 Å². The third kappa shape index (κ3) is 6.14. The maximum Gasteiger partial charge on any atom is 0.410 e. The lowest BCUT2D eigenvalue weighted by Gasteiger charge is -2.37. The van der Waals surface area contributed by atoms with E-state index >= 15 is 0 Å². The second kappa shape index (κ2) is 9.30. The highest BCUT2D eigenvalue weighted by Crippen LogP contribution is 2.24. The van der Waals surface area contributed by atoms with Gasteiger partial charge >= 0.3 is 6.09 Å². The van der Waals surface area contributed by atoms with Gasteiger partial charge in [-0.1, -0.05) is 12.1 Å². The third-order valence-electron chi connectivity index (χ3n) is 5.14. The molecule has 0 atom stereocenters. The molecule has 1 heterocycles. The fourth-order valence-corrected chi connectivity index (χ4v) is 3.33. The van der Waals surface area contributed by atoms with Gasteiger partial charge in [-0.15, -0.1) is 0 Å². The molecule has 156 valence electrons. The number of hydrogen-bond acceptors (Lipinski definition) is 4. The van der Waals surface area contributed by atoms with Gasteiger partial charge in [0, 0.05) is 51.9 Å². The molecule has 0 saturated carbocycles. The van der Waals surface area contributed by atoms with E-state index in [0.29, 0.717) is 19.4 Å². The van der Waals surface area contributed by atoms with Gasteiger partial charge in [0.15, 0.2) is 0 Å². The average molecular weight is 390 g/mol. The highest BCUT2D eigenvalue weighted by atomic mass is 16.6. The maximum absolute atomic E-state index is 12.5. The highest BCUT2D eigenvalue weighted by Gasteiger charge is 2.23. The van der Waals surface area contributed by atoms with Crippen LogP contribution < -0.4 is 4.90 Å². The predicted molar refractivity (Wildman–Crippen MR) is 113 cm³/mol. The van der Waals surface area contributed by atoms with Gasteiger partial charge in [0.05, 0.1) is 0 Å². The summed E-state index contributed by atoms with van der Waals surface area (Å²) in [5.74, 6) is 0.165. The van der Waals surface area contributed by atoms with E-state index in [4.69, 9.17) is 4.74 Å². The molecular formula is C22H35N3O3. The fraction of sp³-hybridized carbons (Fsp3) is 0.636. The summed E-state index contributed by atoms with van der Waals surface area (Å²) < 4.78 is 5.33. The number of aryl methyl sites for hydroxylation is 1. The van der Waals surface area contributed by atoms with Gasteiger partial charge in [-0.05, 0) is 58.2 Å². The van der Waals surface area contributed by atoms with Crippen LogP contribution in [-0.4, -0.2) is 67.2 Å². The summed E-state index contributed by atoms with van der Waals surface area (Å²) in [5, 5.41) is 0. The molecule has 1 fully saturated rings. The van der Waals surface area contributed by atoms with Crippen molar-refractivity contribution in [3.63, 3.8) is 0 Å². The second-order valence-corrected chi connectivity index (χ2v) is 8.59. The molecule has 0 N–H and O–H groups in total. The Morgan fingerprint density at radius 3 is 2.36 bits per heavy atom. The minimum absolute atomic E-state index is 0.165. The van der Waals surface area contributed by atoms with Crippen LogP contribution in [0.3, 0.4) is 0 Å². The summed E-state index contributed by atoms with van der Waals surface area (Å²) in [4.78, 5) is 30.3. The minimum Gasteiger partial charge on any atom is -0.444 e. The van der Waals surface area contributed by atoms with Crippen molar-refractivity contribution in [3.8, 4) is 0 Å². The van der Waals surface area contributed by atoms with E-state index in [1.54, 1.807) is 7.05 Å². The van der Waals surface area contributed by atoms with E-state index in [1.165, 1.54) is 21.7 Å². The normalized spacial score (nSPS) is 14.8. The lowest BCUT2D eigenvalue weighted by atomic mass is 10.1. The number of nitrogens with zero attached hydrogens (tertiary/aromatic N) is 3.